The van der Waals surface area contributed by atoms with E-state index in [1.54, 1.807) is 30.3 Å². The van der Waals surface area contributed by atoms with Gasteiger partial charge in [0.05, 0.1) is 13.7 Å². The predicted molar refractivity (Wildman–Crippen MR) is 103 cm³/mol. The van der Waals surface area contributed by atoms with E-state index >= 15 is 0 Å². The Balaban J connectivity index is 2.03. The zero-order chi connectivity index (χ0) is 20.0. The molecule has 0 aliphatic rings. The van der Waals surface area contributed by atoms with Crippen LogP contribution in [0.3, 0.4) is 0 Å². The number of hydrogen-bond donors (Lipinski definition) is 2. The molecule has 0 radical (unpaired) electrons. The van der Waals surface area contributed by atoms with Crippen LogP contribution in [-0.2, 0) is 36.2 Å². The van der Waals surface area contributed by atoms with Crippen molar-refractivity contribution in [2.24, 2.45) is 7.05 Å². The van der Waals surface area contributed by atoms with Gasteiger partial charge in [0.1, 0.15) is 18.8 Å². The summed E-state index contributed by atoms with van der Waals surface area (Å²) in [7, 11) is 5.45. The number of quaternary nitrogens is 1. The molecule has 1 heterocycles. The lowest BCUT2D eigenvalue weighted by atomic mass is 10.1. The minimum absolute atomic E-state index is 0.0982. The summed E-state index contributed by atoms with van der Waals surface area (Å²) >= 11 is 5.43. The largest absolute Gasteiger partial charge is 0.466 e. The highest BCUT2D eigenvalue weighted by molar-refractivity contribution is 7.71. The number of rotatable bonds is 8. The third-order valence-corrected chi connectivity index (χ3v) is 4.59. The van der Waals surface area contributed by atoms with Gasteiger partial charge in [0, 0.05) is 25.2 Å². The van der Waals surface area contributed by atoms with Crippen LogP contribution in [-0.4, -0.2) is 46.9 Å². The van der Waals surface area contributed by atoms with Crippen molar-refractivity contribution in [3.8, 4) is 0 Å². The molecule has 0 fully saturated rings. The Morgan fingerprint density at radius 3 is 2.56 bits per heavy atom. The topological polar surface area (TPSA) is 82.6 Å². The summed E-state index contributed by atoms with van der Waals surface area (Å²) in [5, 5.41) is 7.07. The summed E-state index contributed by atoms with van der Waals surface area (Å²) in [5.74, 6) is 0.169. The molecule has 1 amide bonds. The lowest BCUT2D eigenvalue weighted by molar-refractivity contribution is -0.917. The van der Waals surface area contributed by atoms with Crippen molar-refractivity contribution in [3.63, 3.8) is 0 Å². The Morgan fingerprint density at radius 1 is 1.30 bits per heavy atom. The molecule has 2 aromatic rings. The minimum Gasteiger partial charge on any atom is -0.466 e. The third-order valence-electron chi connectivity index (χ3n) is 4.11. The van der Waals surface area contributed by atoms with Gasteiger partial charge in [-0.2, -0.15) is 9.78 Å². The van der Waals surface area contributed by atoms with E-state index in [9.17, 15) is 9.59 Å². The van der Waals surface area contributed by atoms with E-state index in [1.807, 2.05) is 31.3 Å². The monoisotopic (exact) mass is 392 g/mol. The smallest absolute Gasteiger partial charge is 0.313 e. The maximum Gasteiger partial charge on any atom is 0.313 e. The number of carbonyl (C=O) groups excluding carboxylic acids is 2. The first-order valence-electron chi connectivity index (χ1n) is 8.76. The summed E-state index contributed by atoms with van der Waals surface area (Å²) in [6.07, 6.45) is 0.0982. The number of aromatic nitrogens is 3. The fraction of sp³-hybridized carbons (Fsp3) is 0.444. The highest BCUT2D eigenvalue weighted by Crippen LogP contribution is 2.04. The van der Waals surface area contributed by atoms with E-state index in [0.717, 1.165) is 12.1 Å². The third kappa shape index (κ3) is 5.48. The van der Waals surface area contributed by atoms with Gasteiger partial charge >= 0.3 is 5.97 Å². The summed E-state index contributed by atoms with van der Waals surface area (Å²) in [6.45, 7) is 3.43. The quantitative estimate of drug-likeness (QED) is 0.491. The number of carbonyl (C=O) groups is 2. The molecule has 0 spiro atoms. The molecule has 2 N–H and O–H groups in total. The second kappa shape index (κ2) is 9.43. The number of amides is 1. The van der Waals surface area contributed by atoms with Crippen molar-refractivity contribution in [1.82, 2.24) is 19.7 Å². The Labute approximate surface area is 163 Å². The van der Waals surface area contributed by atoms with Gasteiger partial charge in [0.25, 0.3) is 5.91 Å². The average molecular weight is 393 g/mol. The molecule has 0 bridgehead atoms. The van der Waals surface area contributed by atoms with Crippen molar-refractivity contribution in [2.45, 2.75) is 26.6 Å². The van der Waals surface area contributed by atoms with Crippen molar-refractivity contribution in [3.05, 3.63) is 46.0 Å². The van der Waals surface area contributed by atoms with Gasteiger partial charge < -0.3 is 19.5 Å². The molecule has 0 saturated carbocycles. The number of hydrogen-bond acceptors (Lipinski definition) is 5. The maximum absolute atomic E-state index is 11.7. The molecule has 146 valence electrons. The first kappa shape index (κ1) is 20.8. The average Bonchev–Trinajstić information content (AvgIpc) is 2.89. The second-order valence-electron chi connectivity index (χ2n) is 6.31. The molecule has 0 aliphatic heterocycles. The normalized spacial score (nSPS) is 11.9. The molecular formula is C18H26N5O3S+. The van der Waals surface area contributed by atoms with Crippen LogP contribution in [0.4, 0.5) is 0 Å². The van der Waals surface area contributed by atoms with Gasteiger partial charge in [0.2, 0.25) is 4.77 Å². The van der Waals surface area contributed by atoms with Gasteiger partial charge in [-0.25, -0.2) is 0 Å². The van der Waals surface area contributed by atoms with Crippen molar-refractivity contribution >= 4 is 24.1 Å². The fourth-order valence-corrected chi connectivity index (χ4v) is 2.92. The van der Waals surface area contributed by atoms with Crippen molar-refractivity contribution in [1.29, 1.82) is 0 Å². The first-order valence-corrected chi connectivity index (χ1v) is 9.17. The number of nitrogens with zero attached hydrogens (tertiary/aromatic N) is 3. The number of esters is 1. The number of nitrogens with one attached hydrogen (secondary N) is 2. The SMILES string of the molecule is CCOC(=O)Cc1nn(C[NH+](C)Cc2ccc(C(=O)NC)cc2)c(=S)n1C. The standard InChI is InChI=1S/C18H25N5O3S/c1-5-26-16(24)10-15-20-23(18(27)22(15)4)12-21(3)11-13-6-8-14(9-7-13)17(25)19-2/h6-9H,5,10-12H2,1-4H3,(H,19,25)/p+1. The van der Waals surface area contributed by atoms with Gasteiger partial charge in [-0.3, -0.25) is 9.59 Å². The molecule has 9 heteroatoms. The van der Waals surface area contributed by atoms with Crippen LogP contribution in [0.1, 0.15) is 28.7 Å². The van der Waals surface area contributed by atoms with Crippen LogP contribution in [0.15, 0.2) is 24.3 Å². The van der Waals surface area contributed by atoms with Crippen LogP contribution in [0.5, 0.6) is 0 Å². The molecule has 1 aromatic carbocycles. The van der Waals surface area contributed by atoms with E-state index in [2.05, 4.69) is 10.4 Å². The van der Waals surface area contributed by atoms with Crippen molar-refractivity contribution < 1.29 is 19.2 Å². The van der Waals surface area contributed by atoms with Crippen LogP contribution >= 0.6 is 12.2 Å². The van der Waals surface area contributed by atoms with Gasteiger partial charge in [-0.05, 0) is 31.3 Å². The molecule has 1 atom stereocenters. The molecule has 1 aromatic heterocycles. The summed E-state index contributed by atoms with van der Waals surface area (Å²) in [6, 6.07) is 7.51. The Bertz CT molecular complexity index is 857. The molecule has 0 saturated heterocycles. The molecule has 2 rings (SSSR count). The predicted octanol–water partition coefficient (Wildman–Crippen LogP) is 0.0887. The van der Waals surface area contributed by atoms with Crippen LogP contribution in [0, 0.1) is 4.77 Å². The molecule has 27 heavy (non-hydrogen) atoms. The van der Waals surface area contributed by atoms with E-state index in [4.69, 9.17) is 17.0 Å². The summed E-state index contributed by atoms with van der Waals surface area (Å²) in [4.78, 5) is 24.5. The summed E-state index contributed by atoms with van der Waals surface area (Å²) in [5.41, 5.74) is 1.74. The van der Waals surface area contributed by atoms with Gasteiger partial charge in [-0.1, -0.05) is 12.1 Å². The lowest BCUT2D eigenvalue weighted by Crippen LogP contribution is -3.07. The summed E-state index contributed by atoms with van der Waals surface area (Å²) < 4.78 is 8.99. The Kier molecular flexibility index (Phi) is 7.26. The van der Waals surface area contributed by atoms with E-state index in [0.29, 0.717) is 29.4 Å². The highest BCUT2D eigenvalue weighted by atomic mass is 32.1. The van der Waals surface area contributed by atoms with E-state index in [1.165, 1.54) is 4.90 Å². The highest BCUT2D eigenvalue weighted by Gasteiger charge is 2.15. The molecule has 0 aliphatic carbocycles. The zero-order valence-electron chi connectivity index (χ0n) is 16.1. The molecule has 8 nitrogen and oxygen atoms in total. The van der Waals surface area contributed by atoms with Crippen LogP contribution in [0.2, 0.25) is 0 Å². The van der Waals surface area contributed by atoms with Gasteiger partial charge in [0.15, 0.2) is 6.67 Å². The van der Waals surface area contributed by atoms with E-state index in [-0.39, 0.29) is 18.3 Å². The molecular weight excluding hydrogens is 366 g/mol. The van der Waals surface area contributed by atoms with E-state index < -0.39 is 0 Å². The van der Waals surface area contributed by atoms with Crippen LogP contribution < -0.4 is 10.2 Å². The molecule has 1 unspecified atom stereocenters. The number of ether oxygens (including phenoxy) is 1. The Hall–Kier alpha value is -2.52. The van der Waals surface area contributed by atoms with Crippen molar-refractivity contribution in [2.75, 3.05) is 20.7 Å². The first-order chi connectivity index (χ1) is 12.8. The van der Waals surface area contributed by atoms with Gasteiger partial charge in [-0.15, -0.1) is 0 Å². The Morgan fingerprint density at radius 2 is 1.96 bits per heavy atom. The second-order valence-corrected chi connectivity index (χ2v) is 6.67. The lowest BCUT2D eigenvalue weighted by Gasteiger charge is -2.14. The number of benzene rings is 1. The van der Waals surface area contributed by atoms with Crippen LogP contribution in [0.25, 0.3) is 0 Å². The fourth-order valence-electron chi connectivity index (χ4n) is 2.71. The minimum atomic E-state index is -0.315. The zero-order valence-corrected chi connectivity index (χ0v) is 16.9. The maximum atomic E-state index is 11.7.